The van der Waals surface area contributed by atoms with E-state index >= 15 is 0 Å². The van der Waals surface area contributed by atoms with Crippen molar-refractivity contribution in [3.05, 3.63) is 29.8 Å². The summed E-state index contributed by atoms with van der Waals surface area (Å²) >= 11 is 0. The molecular formula is C16H17NO4. The second-order valence-electron chi connectivity index (χ2n) is 4.81. The zero-order valence-corrected chi connectivity index (χ0v) is 11.9. The molecule has 0 amide bonds. The normalized spacial score (nSPS) is 16.4. The molecule has 1 aromatic rings. The van der Waals surface area contributed by atoms with Crippen molar-refractivity contribution in [3.63, 3.8) is 0 Å². The summed E-state index contributed by atoms with van der Waals surface area (Å²) in [6.07, 6.45) is 2.91. The van der Waals surface area contributed by atoms with Gasteiger partial charge in [0.2, 0.25) is 0 Å². The van der Waals surface area contributed by atoms with Crippen molar-refractivity contribution in [3.8, 4) is 0 Å². The number of Topliss-reactive ketones (excluding diaryl/α,β-unsaturated/α-hetero) is 2. The number of hydrogen-bond donors (Lipinski definition) is 0. The maximum absolute atomic E-state index is 11.7. The maximum Gasteiger partial charge on any atom is 0.338 e. The van der Waals surface area contributed by atoms with E-state index in [0.717, 1.165) is 0 Å². The van der Waals surface area contributed by atoms with Crippen molar-refractivity contribution in [1.82, 2.24) is 0 Å². The number of carbonyl (C=O) groups is 3. The summed E-state index contributed by atoms with van der Waals surface area (Å²) in [5.74, 6) is -1.24. The fourth-order valence-electron chi connectivity index (χ4n) is 2.15. The van der Waals surface area contributed by atoms with Crippen LogP contribution in [-0.2, 0) is 14.3 Å². The van der Waals surface area contributed by atoms with Crippen LogP contribution in [0.2, 0.25) is 0 Å². The van der Waals surface area contributed by atoms with Crippen molar-refractivity contribution in [2.45, 2.75) is 26.2 Å². The van der Waals surface area contributed by atoms with E-state index in [9.17, 15) is 14.4 Å². The molecule has 2 rings (SSSR count). The van der Waals surface area contributed by atoms with Gasteiger partial charge in [0.1, 0.15) is 17.5 Å². The van der Waals surface area contributed by atoms with Crippen LogP contribution in [0.25, 0.3) is 0 Å². The third-order valence-corrected chi connectivity index (χ3v) is 3.29. The van der Waals surface area contributed by atoms with Crippen LogP contribution < -0.4 is 0 Å². The first-order valence-corrected chi connectivity index (χ1v) is 6.98. The first-order chi connectivity index (χ1) is 10.1. The molecule has 5 nitrogen and oxygen atoms in total. The number of aliphatic imine (C=N–C) groups is 1. The lowest BCUT2D eigenvalue weighted by atomic mass is 9.87. The summed E-state index contributed by atoms with van der Waals surface area (Å²) < 4.78 is 4.88. The standard InChI is InChI=1S/C16H17NO4/c1-2-21-16(20)11-6-8-12(9-7-11)17-10-13-14(18)4-3-5-15(13)19/h6-10,13H,2-5H2,1H3. The zero-order valence-electron chi connectivity index (χ0n) is 11.9. The highest BCUT2D eigenvalue weighted by atomic mass is 16.5. The van der Waals surface area contributed by atoms with E-state index in [1.165, 1.54) is 6.21 Å². The minimum Gasteiger partial charge on any atom is -0.462 e. The fourth-order valence-corrected chi connectivity index (χ4v) is 2.15. The third kappa shape index (κ3) is 3.84. The number of ether oxygens (including phenoxy) is 1. The molecule has 0 saturated heterocycles. The number of nitrogens with zero attached hydrogens (tertiary/aromatic N) is 1. The van der Waals surface area contributed by atoms with E-state index < -0.39 is 5.92 Å². The molecule has 1 aliphatic rings. The molecule has 0 spiro atoms. The minimum absolute atomic E-state index is 0.0712. The van der Waals surface area contributed by atoms with Crippen molar-refractivity contribution in [1.29, 1.82) is 0 Å². The smallest absolute Gasteiger partial charge is 0.338 e. The van der Waals surface area contributed by atoms with Gasteiger partial charge in [0.25, 0.3) is 0 Å². The molecule has 0 N–H and O–H groups in total. The van der Waals surface area contributed by atoms with Gasteiger partial charge in [0.05, 0.1) is 17.9 Å². The Morgan fingerprint density at radius 2 is 1.86 bits per heavy atom. The molecule has 0 bridgehead atoms. The van der Waals surface area contributed by atoms with E-state index in [1.54, 1.807) is 31.2 Å². The molecule has 0 heterocycles. The number of ketones is 2. The molecule has 21 heavy (non-hydrogen) atoms. The van der Waals surface area contributed by atoms with Crippen molar-refractivity contribution in [2.24, 2.45) is 10.9 Å². The lowest BCUT2D eigenvalue weighted by Crippen LogP contribution is -2.29. The van der Waals surface area contributed by atoms with Gasteiger partial charge < -0.3 is 4.74 Å². The van der Waals surface area contributed by atoms with Crippen LogP contribution in [0.15, 0.2) is 29.3 Å². The summed E-state index contributed by atoms with van der Waals surface area (Å²) in [6.45, 7) is 2.07. The lowest BCUT2D eigenvalue weighted by Gasteiger charge is -2.14. The summed E-state index contributed by atoms with van der Waals surface area (Å²) in [6, 6.07) is 6.52. The molecule has 5 heteroatoms. The highest BCUT2D eigenvalue weighted by molar-refractivity contribution is 6.16. The van der Waals surface area contributed by atoms with Crippen LogP contribution in [0.1, 0.15) is 36.5 Å². The summed E-state index contributed by atoms with van der Waals surface area (Å²) in [7, 11) is 0. The van der Waals surface area contributed by atoms with E-state index in [1.807, 2.05) is 0 Å². The summed E-state index contributed by atoms with van der Waals surface area (Å²) in [5, 5.41) is 0. The second-order valence-corrected chi connectivity index (χ2v) is 4.81. The summed E-state index contributed by atoms with van der Waals surface area (Å²) in [4.78, 5) is 39.0. The quantitative estimate of drug-likeness (QED) is 0.484. The molecule has 1 saturated carbocycles. The Morgan fingerprint density at radius 3 is 2.43 bits per heavy atom. The van der Waals surface area contributed by atoms with Gasteiger partial charge >= 0.3 is 5.97 Å². The van der Waals surface area contributed by atoms with Crippen LogP contribution >= 0.6 is 0 Å². The average molecular weight is 287 g/mol. The molecule has 0 radical (unpaired) electrons. The SMILES string of the molecule is CCOC(=O)c1ccc(N=CC2C(=O)CCCC2=O)cc1. The number of benzene rings is 1. The average Bonchev–Trinajstić information content (AvgIpc) is 2.47. The summed E-state index contributed by atoms with van der Waals surface area (Å²) in [5.41, 5.74) is 1.04. The first kappa shape index (κ1) is 15.1. The molecule has 0 atom stereocenters. The molecule has 1 aliphatic carbocycles. The molecule has 1 fully saturated rings. The number of hydrogen-bond acceptors (Lipinski definition) is 5. The molecule has 0 aliphatic heterocycles. The van der Waals surface area contributed by atoms with Crippen LogP contribution in [0.5, 0.6) is 0 Å². The highest BCUT2D eigenvalue weighted by Gasteiger charge is 2.28. The molecule has 0 aromatic heterocycles. The van der Waals surface area contributed by atoms with Crippen LogP contribution in [0.3, 0.4) is 0 Å². The van der Waals surface area contributed by atoms with Crippen molar-refractivity contribution < 1.29 is 19.1 Å². The first-order valence-electron chi connectivity index (χ1n) is 6.98. The monoisotopic (exact) mass is 287 g/mol. The Bertz CT molecular complexity index is 558. The molecular weight excluding hydrogens is 270 g/mol. The van der Waals surface area contributed by atoms with Gasteiger partial charge in [-0.2, -0.15) is 0 Å². The van der Waals surface area contributed by atoms with Gasteiger partial charge in [-0.3, -0.25) is 14.6 Å². The Labute approximate surface area is 123 Å². The molecule has 0 unspecified atom stereocenters. The predicted molar refractivity (Wildman–Crippen MR) is 77.9 cm³/mol. The Morgan fingerprint density at radius 1 is 1.24 bits per heavy atom. The minimum atomic E-state index is -0.719. The van der Waals surface area contributed by atoms with Crippen LogP contribution in [0, 0.1) is 5.92 Å². The number of rotatable bonds is 4. The highest BCUT2D eigenvalue weighted by Crippen LogP contribution is 2.18. The topological polar surface area (TPSA) is 72.8 Å². The van der Waals surface area contributed by atoms with Gasteiger partial charge in [0.15, 0.2) is 0 Å². The molecule has 1 aromatic carbocycles. The maximum atomic E-state index is 11.7. The van der Waals surface area contributed by atoms with Gasteiger partial charge in [-0.05, 0) is 37.6 Å². The Kier molecular flexibility index (Phi) is 4.98. The van der Waals surface area contributed by atoms with Crippen molar-refractivity contribution in [2.75, 3.05) is 6.61 Å². The Hall–Kier alpha value is -2.30. The van der Waals surface area contributed by atoms with E-state index in [-0.39, 0.29) is 17.5 Å². The predicted octanol–water partition coefficient (Wildman–Crippen LogP) is 2.50. The van der Waals surface area contributed by atoms with E-state index in [0.29, 0.717) is 37.1 Å². The van der Waals surface area contributed by atoms with E-state index in [2.05, 4.69) is 4.99 Å². The zero-order chi connectivity index (χ0) is 15.2. The van der Waals surface area contributed by atoms with Crippen LogP contribution in [0.4, 0.5) is 5.69 Å². The van der Waals surface area contributed by atoms with Crippen LogP contribution in [-0.4, -0.2) is 30.4 Å². The largest absolute Gasteiger partial charge is 0.462 e. The lowest BCUT2D eigenvalue weighted by molar-refractivity contribution is -0.132. The van der Waals surface area contributed by atoms with Gasteiger partial charge in [-0.1, -0.05) is 0 Å². The van der Waals surface area contributed by atoms with Gasteiger partial charge in [-0.15, -0.1) is 0 Å². The van der Waals surface area contributed by atoms with Gasteiger partial charge in [0, 0.05) is 19.1 Å². The third-order valence-electron chi connectivity index (χ3n) is 3.29. The van der Waals surface area contributed by atoms with E-state index in [4.69, 9.17) is 4.74 Å². The van der Waals surface area contributed by atoms with Crippen molar-refractivity contribution >= 4 is 29.4 Å². The fraction of sp³-hybridized carbons (Fsp3) is 0.375. The number of carbonyl (C=O) groups excluding carboxylic acids is 3. The van der Waals surface area contributed by atoms with Gasteiger partial charge in [-0.25, -0.2) is 4.79 Å². The second kappa shape index (κ2) is 6.92. The number of esters is 1. The molecule has 110 valence electrons. The Balaban J connectivity index is 2.05.